The summed E-state index contributed by atoms with van der Waals surface area (Å²) in [4.78, 5) is 23.7. The second-order valence-corrected chi connectivity index (χ2v) is 5.28. The van der Waals surface area contributed by atoms with Gasteiger partial charge in [-0.25, -0.2) is 0 Å². The fraction of sp³-hybridized carbons (Fsp3) is 0.364. The van der Waals surface area contributed by atoms with Crippen molar-refractivity contribution in [3.8, 4) is 0 Å². The Morgan fingerprint density at radius 1 is 1.56 bits per heavy atom. The summed E-state index contributed by atoms with van der Waals surface area (Å²) in [5.41, 5.74) is 0.497. The van der Waals surface area contributed by atoms with E-state index in [0.717, 1.165) is 0 Å². The maximum Gasteiger partial charge on any atom is 0.271 e. The summed E-state index contributed by atoms with van der Waals surface area (Å²) in [6, 6.07) is 4.38. The summed E-state index contributed by atoms with van der Waals surface area (Å²) in [6.45, 7) is 0.502. The maximum absolute atomic E-state index is 11.9. The van der Waals surface area contributed by atoms with Crippen molar-refractivity contribution in [2.24, 2.45) is 5.92 Å². The standard InChI is InChI=1S/C11H10BrClN2O3/c12-9-2-1-8(15(17)18)4-10(9)14-6-7(5-13)3-11(14)16/h1-2,4,7H,3,5-6H2. The average Bonchev–Trinajstić information content (AvgIpc) is 2.71. The molecule has 1 aromatic carbocycles. The minimum Gasteiger partial charge on any atom is -0.311 e. The molecule has 96 valence electrons. The van der Waals surface area contributed by atoms with Crippen LogP contribution in [0.15, 0.2) is 22.7 Å². The largest absolute Gasteiger partial charge is 0.311 e. The predicted molar refractivity (Wildman–Crippen MR) is 72.0 cm³/mol. The molecule has 1 aliphatic heterocycles. The molecule has 0 spiro atoms. The van der Waals surface area contributed by atoms with Crippen LogP contribution < -0.4 is 4.90 Å². The van der Waals surface area contributed by atoms with Gasteiger partial charge in [-0.2, -0.15) is 0 Å². The van der Waals surface area contributed by atoms with Gasteiger partial charge in [0.2, 0.25) is 5.91 Å². The molecule has 1 aliphatic rings. The van der Waals surface area contributed by atoms with Gasteiger partial charge in [0.05, 0.1) is 10.6 Å². The number of carbonyl (C=O) groups is 1. The van der Waals surface area contributed by atoms with Gasteiger partial charge in [-0.15, -0.1) is 11.6 Å². The summed E-state index contributed by atoms with van der Waals surface area (Å²) >= 11 is 9.06. The van der Waals surface area contributed by atoms with Crippen molar-refractivity contribution < 1.29 is 9.72 Å². The highest BCUT2D eigenvalue weighted by atomic mass is 79.9. The van der Waals surface area contributed by atoms with E-state index in [0.29, 0.717) is 29.0 Å². The molecule has 0 radical (unpaired) electrons. The molecule has 1 atom stereocenters. The van der Waals surface area contributed by atoms with Gasteiger partial charge >= 0.3 is 0 Å². The second-order valence-electron chi connectivity index (χ2n) is 4.12. The number of amides is 1. The van der Waals surface area contributed by atoms with E-state index in [1.54, 1.807) is 11.0 Å². The number of non-ortho nitro benzene ring substituents is 1. The fourth-order valence-electron chi connectivity index (χ4n) is 1.94. The van der Waals surface area contributed by atoms with Gasteiger partial charge < -0.3 is 4.90 Å². The van der Waals surface area contributed by atoms with Crippen LogP contribution in [0.3, 0.4) is 0 Å². The van der Waals surface area contributed by atoms with Crippen LogP contribution in [0, 0.1) is 16.0 Å². The lowest BCUT2D eigenvalue weighted by molar-refractivity contribution is -0.384. The summed E-state index contributed by atoms with van der Waals surface area (Å²) in [5, 5.41) is 10.7. The Labute approximate surface area is 117 Å². The average molecular weight is 334 g/mol. The van der Waals surface area contributed by atoms with E-state index in [4.69, 9.17) is 11.6 Å². The van der Waals surface area contributed by atoms with Crippen LogP contribution in [0.25, 0.3) is 0 Å². The number of nitrogens with zero attached hydrogens (tertiary/aromatic N) is 2. The van der Waals surface area contributed by atoms with Crippen LogP contribution in [0.4, 0.5) is 11.4 Å². The number of hydrogen-bond acceptors (Lipinski definition) is 3. The number of rotatable bonds is 3. The van der Waals surface area contributed by atoms with Gasteiger partial charge in [0, 0.05) is 35.5 Å². The quantitative estimate of drug-likeness (QED) is 0.485. The number of carbonyl (C=O) groups excluding carboxylic acids is 1. The minimum atomic E-state index is -0.477. The summed E-state index contributed by atoms with van der Waals surface area (Å²) in [7, 11) is 0. The van der Waals surface area contributed by atoms with Crippen LogP contribution >= 0.6 is 27.5 Å². The molecule has 0 N–H and O–H groups in total. The zero-order valence-corrected chi connectivity index (χ0v) is 11.6. The van der Waals surface area contributed by atoms with E-state index in [-0.39, 0.29) is 17.5 Å². The van der Waals surface area contributed by atoms with E-state index in [2.05, 4.69) is 15.9 Å². The highest BCUT2D eigenvalue weighted by Gasteiger charge is 2.31. The number of nitro benzene ring substituents is 1. The van der Waals surface area contributed by atoms with Gasteiger partial charge in [-0.3, -0.25) is 14.9 Å². The number of alkyl halides is 1. The second kappa shape index (κ2) is 5.24. The Hall–Kier alpha value is -1.14. The highest BCUT2D eigenvalue weighted by molar-refractivity contribution is 9.10. The third kappa shape index (κ3) is 2.49. The van der Waals surface area contributed by atoms with Gasteiger partial charge in [0.15, 0.2) is 0 Å². The zero-order valence-electron chi connectivity index (χ0n) is 9.31. The van der Waals surface area contributed by atoms with Gasteiger partial charge in [0.25, 0.3) is 5.69 Å². The predicted octanol–water partition coefficient (Wildman–Crippen LogP) is 2.95. The zero-order chi connectivity index (χ0) is 13.3. The maximum atomic E-state index is 11.9. The lowest BCUT2D eigenvalue weighted by atomic mass is 10.1. The molecule has 2 rings (SSSR count). The van der Waals surface area contributed by atoms with E-state index in [1.165, 1.54) is 12.1 Å². The first kappa shape index (κ1) is 13.3. The van der Waals surface area contributed by atoms with Crippen LogP contribution in [0.5, 0.6) is 0 Å². The first-order valence-corrected chi connectivity index (χ1v) is 6.66. The molecule has 1 unspecified atom stereocenters. The van der Waals surface area contributed by atoms with Crippen LogP contribution in [0.2, 0.25) is 0 Å². The molecule has 1 fully saturated rings. The topological polar surface area (TPSA) is 63.5 Å². The highest BCUT2D eigenvalue weighted by Crippen LogP contribution is 2.34. The molecule has 18 heavy (non-hydrogen) atoms. The van der Waals surface area contributed by atoms with E-state index in [1.807, 2.05) is 0 Å². The number of hydrogen-bond donors (Lipinski definition) is 0. The molecule has 1 saturated heterocycles. The van der Waals surface area contributed by atoms with Gasteiger partial charge in [-0.05, 0) is 27.9 Å². The molecular formula is C11H10BrClN2O3. The first-order valence-electron chi connectivity index (χ1n) is 5.33. The van der Waals surface area contributed by atoms with Crippen molar-refractivity contribution in [3.05, 3.63) is 32.8 Å². The van der Waals surface area contributed by atoms with Crippen LogP contribution in [0.1, 0.15) is 6.42 Å². The van der Waals surface area contributed by atoms with Crippen LogP contribution in [-0.4, -0.2) is 23.3 Å². The monoisotopic (exact) mass is 332 g/mol. The van der Waals surface area contributed by atoms with Crippen molar-refractivity contribution in [3.63, 3.8) is 0 Å². The Morgan fingerprint density at radius 3 is 2.83 bits per heavy atom. The molecule has 1 aromatic rings. The van der Waals surface area contributed by atoms with Crippen molar-refractivity contribution in [1.82, 2.24) is 0 Å². The smallest absolute Gasteiger partial charge is 0.271 e. The van der Waals surface area contributed by atoms with Crippen molar-refractivity contribution >= 4 is 44.8 Å². The molecule has 1 heterocycles. The van der Waals surface area contributed by atoms with Gasteiger partial charge in [0.1, 0.15) is 0 Å². The Bertz CT molecular complexity index is 509. The molecule has 0 bridgehead atoms. The summed E-state index contributed by atoms with van der Waals surface area (Å²) in [5.74, 6) is 0.460. The molecule has 1 amide bonds. The lowest BCUT2D eigenvalue weighted by Crippen LogP contribution is -2.25. The Kier molecular flexibility index (Phi) is 3.87. The van der Waals surface area contributed by atoms with Crippen LogP contribution in [-0.2, 0) is 4.79 Å². The molecule has 7 heteroatoms. The van der Waals surface area contributed by atoms with Gasteiger partial charge in [-0.1, -0.05) is 0 Å². The molecular weight excluding hydrogens is 323 g/mol. The molecule has 5 nitrogen and oxygen atoms in total. The fourth-order valence-corrected chi connectivity index (χ4v) is 2.61. The Morgan fingerprint density at radius 2 is 2.28 bits per heavy atom. The SMILES string of the molecule is O=C1CC(CCl)CN1c1cc([N+](=O)[O-])ccc1Br. The summed E-state index contributed by atoms with van der Waals surface area (Å²) in [6.07, 6.45) is 0.388. The molecule has 0 aromatic heterocycles. The number of nitro groups is 1. The third-order valence-electron chi connectivity index (χ3n) is 2.85. The number of benzene rings is 1. The van der Waals surface area contributed by atoms with Crippen molar-refractivity contribution in [1.29, 1.82) is 0 Å². The minimum absolute atomic E-state index is 0.0321. The number of anilines is 1. The molecule has 0 saturated carbocycles. The molecule has 0 aliphatic carbocycles. The van der Waals surface area contributed by atoms with Crippen molar-refractivity contribution in [2.45, 2.75) is 6.42 Å². The summed E-state index contributed by atoms with van der Waals surface area (Å²) < 4.78 is 0.664. The van der Waals surface area contributed by atoms with E-state index in [9.17, 15) is 14.9 Å². The Balaban J connectivity index is 2.35. The normalized spacial score (nSPS) is 19.3. The van der Waals surface area contributed by atoms with E-state index >= 15 is 0 Å². The van der Waals surface area contributed by atoms with Crippen molar-refractivity contribution in [2.75, 3.05) is 17.3 Å². The first-order chi connectivity index (χ1) is 8.52. The lowest BCUT2D eigenvalue weighted by Gasteiger charge is -2.17. The van der Waals surface area contributed by atoms with E-state index < -0.39 is 4.92 Å². The number of halogens is 2. The third-order valence-corrected chi connectivity index (χ3v) is 3.96.